The van der Waals surface area contributed by atoms with Gasteiger partial charge in [-0.15, -0.1) is 0 Å². The molecule has 0 saturated heterocycles. The second-order valence-electron chi connectivity index (χ2n) is 3.39. The molecule has 0 aliphatic heterocycles. The Kier molecular flexibility index (Phi) is 2.97. The lowest BCUT2D eigenvalue weighted by molar-refractivity contribution is 0.960. The maximum Gasteiger partial charge on any atom is -0.0184 e. The fraction of sp³-hybridized carbons (Fsp3) is 0.143. The van der Waals surface area contributed by atoms with Crippen LogP contribution in [0.5, 0.6) is 0 Å². The van der Waals surface area contributed by atoms with Crippen molar-refractivity contribution in [1.82, 2.24) is 0 Å². The third-order valence-electron chi connectivity index (χ3n) is 2.33. The van der Waals surface area contributed by atoms with Gasteiger partial charge >= 0.3 is 0 Å². The summed E-state index contributed by atoms with van der Waals surface area (Å²) in [5.41, 5.74) is 2.79. The van der Waals surface area contributed by atoms with Crippen molar-refractivity contribution >= 4 is 0 Å². The summed E-state index contributed by atoms with van der Waals surface area (Å²) in [7, 11) is 0. The van der Waals surface area contributed by atoms with E-state index in [4.69, 9.17) is 0 Å². The molecule has 0 amide bonds. The van der Waals surface area contributed by atoms with E-state index in [1.54, 1.807) is 0 Å². The summed E-state index contributed by atoms with van der Waals surface area (Å²) in [5, 5.41) is 0. The Morgan fingerprint density at radius 1 is 0.714 bits per heavy atom. The van der Waals surface area contributed by atoms with Crippen LogP contribution >= 0.6 is 0 Å². The minimum Gasteiger partial charge on any atom is -0.0622 e. The van der Waals surface area contributed by atoms with Gasteiger partial charge in [0.25, 0.3) is 0 Å². The summed E-state index contributed by atoms with van der Waals surface area (Å²) in [6, 6.07) is 21.8. The molecule has 2 aromatic carbocycles. The van der Waals surface area contributed by atoms with Crippen LogP contribution in [0, 0.1) is 6.07 Å². The monoisotopic (exact) mass is 181 g/mol. The zero-order valence-electron chi connectivity index (χ0n) is 8.11. The lowest BCUT2D eigenvalue weighted by atomic mass is 10.0. The van der Waals surface area contributed by atoms with Crippen LogP contribution in [0.25, 0.3) is 0 Å². The summed E-state index contributed by atoms with van der Waals surface area (Å²) < 4.78 is 0. The Hall–Kier alpha value is -1.56. The maximum absolute atomic E-state index is 3.03. The predicted molar refractivity (Wildman–Crippen MR) is 59.1 cm³/mol. The average molecular weight is 181 g/mol. The third kappa shape index (κ3) is 2.46. The molecule has 14 heavy (non-hydrogen) atoms. The van der Waals surface area contributed by atoms with E-state index in [9.17, 15) is 0 Å². The first-order chi connectivity index (χ1) is 6.95. The molecule has 69 valence electrons. The minimum absolute atomic E-state index is 1.11. The van der Waals surface area contributed by atoms with Gasteiger partial charge in [0.05, 0.1) is 0 Å². The van der Waals surface area contributed by atoms with Gasteiger partial charge in [0.2, 0.25) is 0 Å². The van der Waals surface area contributed by atoms with Crippen LogP contribution in [0.2, 0.25) is 0 Å². The van der Waals surface area contributed by atoms with Crippen molar-refractivity contribution in [3.8, 4) is 0 Å². The fourth-order valence-electron chi connectivity index (χ4n) is 1.52. The van der Waals surface area contributed by atoms with Gasteiger partial charge in [-0.2, -0.15) is 0 Å². The smallest absolute Gasteiger partial charge is 0.0184 e. The van der Waals surface area contributed by atoms with Crippen molar-refractivity contribution in [3.63, 3.8) is 0 Å². The van der Waals surface area contributed by atoms with E-state index in [0.29, 0.717) is 0 Å². The van der Waals surface area contributed by atoms with E-state index in [-0.39, 0.29) is 0 Å². The summed E-state index contributed by atoms with van der Waals surface area (Å²) in [4.78, 5) is 0. The van der Waals surface area contributed by atoms with E-state index < -0.39 is 0 Å². The molecule has 0 nitrogen and oxygen atoms in total. The van der Waals surface area contributed by atoms with Gasteiger partial charge in [-0.25, -0.2) is 0 Å². The molecular weight excluding hydrogens is 168 g/mol. The molecule has 0 spiro atoms. The van der Waals surface area contributed by atoms with Crippen LogP contribution < -0.4 is 0 Å². The first-order valence-corrected chi connectivity index (χ1v) is 4.94. The Morgan fingerprint density at radius 2 is 1.29 bits per heavy atom. The molecule has 0 aliphatic carbocycles. The lowest BCUT2D eigenvalue weighted by Crippen LogP contribution is -1.89. The van der Waals surface area contributed by atoms with Crippen molar-refractivity contribution in [2.24, 2.45) is 0 Å². The SMILES string of the molecule is [c]1ccc(CCc2ccccc2)cc1. The van der Waals surface area contributed by atoms with Crippen molar-refractivity contribution in [3.05, 3.63) is 71.8 Å². The van der Waals surface area contributed by atoms with Gasteiger partial charge in [-0.3, -0.25) is 0 Å². The quantitative estimate of drug-likeness (QED) is 0.681. The summed E-state index contributed by atoms with van der Waals surface area (Å²) >= 11 is 0. The highest BCUT2D eigenvalue weighted by atomic mass is 14.0. The highest BCUT2D eigenvalue weighted by molar-refractivity contribution is 5.19. The van der Waals surface area contributed by atoms with Gasteiger partial charge in [-0.1, -0.05) is 54.6 Å². The van der Waals surface area contributed by atoms with E-state index in [0.717, 1.165) is 12.8 Å². The first kappa shape index (κ1) is 9.01. The van der Waals surface area contributed by atoms with Gasteiger partial charge in [0.15, 0.2) is 0 Å². The molecule has 0 N–H and O–H groups in total. The first-order valence-electron chi connectivity index (χ1n) is 4.94. The molecule has 2 aromatic rings. The molecule has 0 bridgehead atoms. The van der Waals surface area contributed by atoms with E-state index in [1.807, 2.05) is 12.1 Å². The Bertz CT molecular complexity index is 322. The normalized spacial score (nSPS) is 10.0. The Morgan fingerprint density at radius 3 is 1.93 bits per heavy atom. The second-order valence-corrected chi connectivity index (χ2v) is 3.39. The zero-order valence-corrected chi connectivity index (χ0v) is 8.11. The van der Waals surface area contributed by atoms with E-state index in [1.165, 1.54) is 11.1 Å². The van der Waals surface area contributed by atoms with E-state index in [2.05, 4.69) is 48.5 Å². The van der Waals surface area contributed by atoms with Crippen molar-refractivity contribution in [2.45, 2.75) is 12.8 Å². The average Bonchev–Trinajstić information content (AvgIpc) is 2.29. The third-order valence-corrected chi connectivity index (χ3v) is 2.33. The summed E-state index contributed by atoms with van der Waals surface area (Å²) in [6.07, 6.45) is 2.23. The molecule has 0 saturated carbocycles. The van der Waals surface area contributed by atoms with Crippen LogP contribution in [-0.2, 0) is 12.8 Å². The van der Waals surface area contributed by atoms with Crippen LogP contribution in [0.15, 0.2) is 54.6 Å². The Labute approximate surface area is 85.2 Å². The topological polar surface area (TPSA) is 0 Å². The lowest BCUT2D eigenvalue weighted by Gasteiger charge is -2.00. The van der Waals surface area contributed by atoms with E-state index >= 15 is 0 Å². The highest BCUT2D eigenvalue weighted by Gasteiger charge is 1.93. The molecule has 0 heterocycles. The predicted octanol–water partition coefficient (Wildman–Crippen LogP) is 3.27. The second kappa shape index (κ2) is 4.61. The molecule has 1 radical (unpaired) electrons. The highest BCUT2D eigenvalue weighted by Crippen LogP contribution is 2.06. The van der Waals surface area contributed by atoms with Crippen molar-refractivity contribution in [1.29, 1.82) is 0 Å². The number of hydrogen-bond acceptors (Lipinski definition) is 0. The van der Waals surface area contributed by atoms with Crippen LogP contribution in [0.3, 0.4) is 0 Å². The zero-order chi connectivity index (χ0) is 9.64. The van der Waals surface area contributed by atoms with Gasteiger partial charge in [0.1, 0.15) is 0 Å². The van der Waals surface area contributed by atoms with Gasteiger partial charge < -0.3 is 0 Å². The molecule has 2 rings (SSSR count). The standard InChI is InChI=1S/C14H13/c1-3-7-13(8-4-1)11-12-14-9-5-2-6-10-14/h1,3-10H,11-12H2. The van der Waals surface area contributed by atoms with Crippen molar-refractivity contribution < 1.29 is 0 Å². The fourth-order valence-corrected chi connectivity index (χ4v) is 1.52. The van der Waals surface area contributed by atoms with Crippen LogP contribution in [0.1, 0.15) is 11.1 Å². The number of rotatable bonds is 3. The maximum atomic E-state index is 3.03. The van der Waals surface area contributed by atoms with Gasteiger partial charge in [0, 0.05) is 0 Å². The van der Waals surface area contributed by atoms with Crippen molar-refractivity contribution in [2.75, 3.05) is 0 Å². The van der Waals surface area contributed by atoms with Crippen LogP contribution in [0.4, 0.5) is 0 Å². The van der Waals surface area contributed by atoms with Crippen LogP contribution in [-0.4, -0.2) is 0 Å². The summed E-state index contributed by atoms with van der Waals surface area (Å²) in [5.74, 6) is 0. The minimum atomic E-state index is 1.11. The molecule has 0 unspecified atom stereocenters. The molecule has 0 atom stereocenters. The number of aryl methyl sites for hydroxylation is 2. The molecule has 0 heteroatoms. The molecule has 0 aliphatic rings. The number of hydrogen-bond donors (Lipinski definition) is 0. The van der Waals surface area contributed by atoms with Gasteiger partial charge in [-0.05, 0) is 30.0 Å². The Balaban J connectivity index is 1.96. The largest absolute Gasteiger partial charge is 0.0622 e. The summed E-state index contributed by atoms with van der Waals surface area (Å²) in [6.45, 7) is 0. The number of benzene rings is 2. The molecular formula is C14H13. The molecule has 0 aromatic heterocycles. The molecule has 0 fully saturated rings.